The fourth-order valence-electron chi connectivity index (χ4n) is 1.17. The molecular weight excluding hydrogens is 240 g/mol. The molecule has 0 fully saturated rings. The monoisotopic (exact) mass is 254 g/mol. The third kappa shape index (κ3) is 4.26. The van der Waals surface area contributed by atoms with Crippen molar-refractivity contribution >= 4 is 23.4 Å². The number of nitrogens with two attached hydrogens (primary N) is 2. The summed E-state index contributed by atoms with van der Waals surface area (Å²) in [7, 11) is 0. The molecule has 0 aliphatic rings. The fraction of sp³-hybridized carbons (Fsp3) is 0.300. The van der Waals surface area contributed by atoms with E-state index in [9.17, 15) is 9.59 Å². The maximum atomic E-state index is 10.8. The van der Waals surface area contributed by atoms with E-state index in [1.54, 1.807) is 0 Å². The van der Waals surface area contributed by atoms with Gasteiger partial charge in [0.2, 0.25) is 5.91 Å². The van der Waals surface area contributed by atoms with Gasteiger partial charge in [0.1, 0.15) is 12.4 Å². The van der Waals surface area contributed by atoms with Gasteiger partial charge in [0, 0.05) is 6.54 Å². The second-order valence-electron chi connectivity index (χ2n) is 3.41. The molecule has 0 saturated carbocycles. The number of carboxylic acids is 1. The molecule has 0 spiro atoms. The van der Waals surface area contributed by atoms with E-state index in [0.29, 0.717) is 12.4 Å². The van der Waals surface area contributed by atoms with E-state index in [1.807, 2.05) is 0 Å². The Balaban J connectivity index is 2.45. The minimum absolute atomic E-state index is 0.0226. The first-order chi connectivity index (χ1) is 8.50. The van der Waals surface area contributed by atoms with E-state index in [0.717, 1.165) is 0 Å². The highest BCUT2D eigenvalue weighted by atomic mass is 16.5. The van der Waals surface area contributed by atoms with Crippen LogP contribution < -0.4 is 16.8 Å². The lowest BCUT2D eigenvalue weighted by atomic mass is 10.2. The number of carboxylic acid groups (broad SMARTS) is 1. The maximum absolute atomic E-state index is 10.8. The Morgan fingerprint density at radius 3 is 2.83 bits per heavy atom. The van der Waals surface area contributed by atoms with Crippen molar-refractivity contribution in [3.8, 4) is 0 Å². The van der Waals surface area contributed by atoms with Crippen molar-refractivity contribution in [2.24, 2.45) is 5.73 Å². The van der Waals surface area contributed by atoms with E-state index in [-0.39, 0.29) is 24.5 Å². The summed E-state index contributed by atoms with van der Waals surface area (Å²) in [6, 6.07) is 1.33. The minimum atomic E-state index is -1.12. The van der Waals surface area contributed by atoms with Crippen LogP contribution in [0.25, 0.3) is 0 Å². The molecule has 6 N–H and O–H groups in total. The average Bonchev–Trinajstić information content (AvgIpc) is 2.30. The number of amides is 1. The molecule has 0 atom stereocenters. The second-order valence-corrected chi connectivity index (χ2v) is 3.41. The van der Waals surface area contributed by atoms with Crippen molar-refractivity contribution in [3.05, 3.63) is 17.8 Å². The molecule has 0 unspecified atom stereocenters. The number of ether oxygens (including phenoxy) is 1. The molecule has 1 aromatic heterocycles. The number of carbonyl (C=O) groups excluding carboxylic acids is 1. The molecular formula is C10H14N4O4. The Morgan fingerprint density at radius 1 is 1.50 bits per heavy atom. The molecule has 1 rings (SSSR count). The van der Waals surface area contributed by atoms with Crippen molar-refractivity contribution in [1.82, 2.24) is 4.98 Å². The Bertz CT molecular complexity index is 450. The normalized spacial score (nSPS) is 10.0. The molecule has 0 saturated heterocycles. The first kappa shape index (κ1) is 13.7. The second kappa shape index (κ2) is 6.40. The number of primary amides is 1. The number of hydrogen-bond donors (Lipinski definition) is 4. The van der Waals surface area contributed by atoms with E-state index < -0.39 is 11.9 Å². The number of carbonyl (C=O) groups is 2. The van der Waals surface area contributed by atoms with Crippen LogP contribution in [0, 0.1) is 0 Å². The summed E-state index contributed by atoms with van der Waals surface area (Å²) in [6.07, 6.45) is 1.26. The molecule has 98 valence electrons. The number of nitrogen functional groups attached to an aromatic ring is 1. The topological polar surface area (TPSA) is 141 Å². The molecule has 0 aliphatic carbocycles. The quantitative estimate of drug-likeness (QED) is 0.470. The number of rotatable bonds is 7. The molecule has 18 heavy (non-hydrogen) atoms. The molecule has 1 amide bonds. The predicted octanol–water partition coefficient (Wildman–Crippen LogP) is -0.724. The zero-order valence-corrected chi connectivity index (χ0v) is 9.55. The molecule has 0 bridgehead atoms. The van der Waals surface area contributed by atoms with Gasteiger partial charge in [0.15, 0.2) is 0 Å². The molecule has 8 heteroatoms. The van der Waals surface area contributed by atoms with Gasteiger partial charge in [-0.1, -0.05) is 0 Å². The first-order valence-electron chi connectivity index (χ1n) is 5.09. The largest absolute Gasteiger partial charge is 0.478 e. The maximum Gasteiger partial charge on any atom is 0.337 e. The summed E-state index contributed by atoms with van der Waals surface area (Å²) in [6.45, 7) is 0.456. The van der Waals surface area contributed by atoms with Crippen LogP contribution in [0.1, 0.15) is 10.4 Å². The van der Waals surface area contributed by atoms with Crippen molar-refractivity contribution in [2.75, 3.05) is 30.8 Å². The summed E-state index contributed by atoms with van der Waals surface area (Å²) < 4.78 is 4.91. The highest BCUT2D eigenvalue weighted by Crippen LogP contribution is 2.14. The van der Waals surface area contributed by atoms with Crippen LogP contribution in [0.4, 0.5) is 11.5 Å². The van der Waals surface area contributed by atoms with Crippen LogP contribution >= 0.6 is 0 Å². The lowest BCUT2D eigenvalue weighted by Gasteiger charge is -2.07. The summed E-state index contributed by atoms with van der Waals surface area (Å²) in [5.74, 6) is -1.30. The van der Waals surface area contributed by atoms with Crippen LogP contribution in [0.5, 0.6) is 0 Å². The summed E-state index contributed by atoms with van der Waals surface area (Å²) in [5, 5.41) is 11.7. The number of aromatic carboxylic acids is 1. The van der Waals surface area contributed by atoms with E-state index in [4.69, 9.17) is 21.3 Å². The van der Waals surface area contributed by atoms with Gasteiger partial charge >= 0.3 is 5.97 Å². The predicted molar refractivity (Wildman–Crippen MR) is 64.1 cm³/mol. The third-order valence-electron chi connectivity index (χ3n) is 1.96. The average molecular weight is 254 g/mol. The van der Waals surface area contributed by atoms with Gasteiger partial charge in [-0.2, -0.15) is 0 Å². The van der Waals surface area contributed by atoms with Crippen molar-refractivity contribution in [3.63, 3.8) is 0 Å². The Hall–Kier alpha value is -2.35. The number of nitrogens with zero attached hydrogens (tertiary/aromatic N) is 1. The lowest BCUT2D eigenvalue weighted by molar-refractivity contribution is -0.122. The Labute approximate surface area is 103 Å². The Morgan fingerprint density at radius 2 is 2.22 bits per heavy atom. The van der Waals surface area contributed by atoms with Crippen LogP contribution in [0.15, 0.2) is 12.3 Å². The first-order valence-corrected chi connectivity index (χ1v) is 5.09. The lowest BCUT2D eigenvalue weighted by Crippen LogP contribution is -2.20. The zero-order valence-electron chi connectivity index (χ0n) is 9.55. The Kier molecular flexibility index (Phi) is 4.88. The summed E-state index contributed by atoms with van der Waals surface area (Å²) >= 11 is 0. The van der Waals surface area contributed by atoms with Crippen molar-refractivity contribution < 1.29 is 19.4 Å². The summed E-state index contributed by atoms with van der Waals surface area (Å²) in [5.41, 5.74) is 10.4. The van der Waals surface area contributed by atoms with Crippen molar-refractivity contribution in [2.45, 2.75) is 0 Å². The number of aromatic nitrogens is 1. The number of hydrogen-bond acceptors (Lipinski definition) is 6. The molecule has 0 aromatic carbocycles. The third-order valence-corrected chi connectivity index (χ3v) is 1.96. The van der Waals surface area contributed by atoms with Gasteiger partial charge in [-0.05, 0) is 6.07 Å². The minimum Gasteiger partial charge on any atom is -0.478 e. The van der Waals surface area contributed by atoms with Crippen LogP contribution in [-0.2, 0) is 9.53 Å². The number of pyridine rings is 1. The van der Waals surface area contributed by atoms with E-state index in [2.05, 4.69) is 10.3 Å². The van der Waals surface area contributed by atoms with Crippen LogP contribution in [-0.4, -0.2) is 41.7 Å². The summed E-state index contributed by atoms with van der Waals surface area (Å²) in [4.78, 5) is 25.1. The highest BCUT2D eigenvalue weighted by Gasteiger charge is 2.09. The van der Waals surface area contributed by atoms with Crippen molar-refractivity contribution in [1.29, 1.82) is 0 Å². The van der Waals surface area contributed by atoms with Gasteiger partial charge in [-0.25, -0.2) is 9.78 Å². The van der Waals surface area contributed by atoms with E-state index >= 15 is 0 Å². The molecule has 0 radical (unpaired) electrons. The van der Waals surface area contributed by atoms with Gasteiger partial charge in [-0.3, -0.25) is 4.79 Å². The van der Waals surface area contributed by atoms with Crippen LogP contribution in [0.3, 0.4) is 0 Å². The van der Waals surface area contributed by atoms with Gasteiger partial charge in [0.05, 0.1) is 24.1 Å². The fourth-order valence-corrected chi connectivity index (χ4v) is 1.17. The van der Waals surface area contributed by atoms with E-state index in [1.165, 1.54) is 12.3 Å². The van der Waals surface area contributed by atoms with Gasteiger partial charge in [0.25, 0.3) is 0 Å². The zero-order chi connectivity index (χ0) is 13.5. The smallest absolute Gasteiger partial charge is 0.337 e. The standard InChI is InChI=1S/C10H14N4O4/c11-7-4-14-9(3-6(7)10(16)17)13-1-2-18-5-8(12)15/h3-4H,1-2,5,11H2,(H2,12,15)(H,13,14)(H,16,17). The highest BCUT2D eigenvalue weighted by molar-refractivity contribution is 5.94. The number of anilines is 2. The molecule has 0 aliphatic heterocycles. The molecule has 1 aromatic rings. The molecule has 8 nitrogen and oxygen atoms in total. The van der Waals surface area contributed by atoms with Crippen LogP contribution in [0.2, 0.25) is 0 Å². The number of nitrogens with one attached hydrogen (secondary N) is 1. The van der Waals surface area contributed by atoms with Gasteiger partial charge < -0.3 is 26.6 Å². The van der Waals surface area contributed by atoms with Gasteiger partial charge in [-0.15, -0.1) is 0 Å². The SMILES string of the molecule is NC(=O)COCCNc1cc(C(=O)O)c(N)cn1. The molecule has 1 heterocycles.